The van der Waals surface area contributed by atoms with Crippen molar-refractivity contribution in [2.24, 2.45) is 0 Å². The van der Waals surface area contributed by atoms with Gasteiger partial charge in [-0.15, -0.1) is 11.8 Å². The largest absolute Gasteiger partial charge is 0.346 e. The van der Waals surface area contributed by atoms with Gasteiger partial charge >= 0.3 is 5.69 Å². The van der Waals surface area contributed by atoms with Gasteiger partial charge in [0, 0.05) is 19.8 Å². The number of aryl methyl sites for hydroxylation is 1. The first-order valence-electron chi connectivity index (χ1n) is 4.34. The SMILES string of the molecule is CSc1nc(=O)[nH]c(C)c1C(=O)N(C)C. The molecule has 1 rings (SSSR count). The quantitative estimate of drug-likeness (QED) is 0.590. The molecule has 0 aliphatic rings. The van der Waals surface area contributed by atoms with Crippen LogP contribution in [0.5, 0.6) is 0 Å². The van der Waals surface area contributed by atoms with Crippen LogP contribution in [0, 0.1) is 6.92 Å². The normalized spacial score (nSPS) is 10.1. The Bertz CT molecular complexity index is 439. The molecule has 0 radical (unpaired) electrons. The molecule has 0 atom stereocenters. The average molecular weight is 227 g/mol. The maximum Gasteiger partial charge on any atom is 0.346 e. The van der Waals surface area contributed by atoms with E-state index >= 15 is 0 Å². The molecule has 1 amide bonds. The molecule has 0 aliphatic carbocycles. The summed E-state index contributed by atoms with van der Waals surface area (Å²) < 4.78 is 0. The lowest BCUT2D eigenvalue weighted by atomic mass is 10.2. The van der Waals surface area contributed by atoms with Gasteiger partial charge in [0.15, 0.2) is 0 Å². The van der Waals surface area contributed by atoms with Gasteiger partial charge in [0.2, 0.25) is 0 Å². The maximum absolute atomic E-state index is 11.8. The van der Waals surface area contributed by atoms with Gasteiger partial charge in [-0.1, -0.05) is 0 Å². The molecule has 0 aliphatic heterocycles. The Labute approximate surface area is 91.9 Å². The van der Waals surface area contributed by atoms with Gasteiger partial charge in [0.25, 0.3) is 5.91 Å². The molecule has 1 aromatic rings. The number of H-pyrrole nitrogens is 1. The van der Waals surface area contributed by atoms with E-state index in [4.69, 9.17) is 0 Å². The number of hydrogen-bond donors (Lipinski definition) is 1. The Balaban J connectivity index is 3.39. The zero-order valence-corrected chi connectivity index (χ0v) is 9.94. The molecule has 5 nitrogen and oxygen atoms in total. The molecule has 0 spiro atoms. The number of carbonyl (C=O) groups is 1. The highest BCUT2D eigenvalue weighted by Crippen LogP contribution is 2.18. The Hall–Kier alpha value is -1.30. The number of carbonyl (C=O) groups excluding carboxylic acids is 1. The predicted molar refractivity (Wildman–Crippen MR) is 59.4 cm³/mol. The average Bonchev–Trinajstić information content (AvgIpc) is 2.15. The Morgan fingerprint density at radius 2 is 2.07 bits per heavy atom. The minimum absolute atomic E-state index is 0.152. The number of hydrogen-bond acceptors (Lipinski definition) is 4. The molecule has 0 saturated carbocycles. The third-order valence-corrected chi connectivity index (χ3v) is 2.58. The van der Waals surface area contributed by atoms with Crippen molar-refractivity contribution in [1.82, 2.24) is 14.9 Å². The monoisotopic (exact) mass is 227 g/mol. The van der Waals surface area contributed by atoms with Crippen molar-refractivity contribution in [2.75, 3.05) is 20.4 Å². The standard InChI is InChI=1S/C9H13N3O2S/c1-5-6(8(13)12(2)3)7(15-4)11-9(14)10-5/h1-4H3,(H,10,11,14). The van der Waals surface area contributed by atoms with Crippen LogP contribution in [0.4, 0.5) is 0 Å². The fraction of sp³-hybridized carbons (Fsp3) is 0.444. The third kappa shape index (κ3) is 2.38. The van der Waals surface area contributed by atoms with Crippen molar-refractivity contribution in [3.05, 3.63) is 21.7 Å². The van der Waals surface area contributed by atoms with Crippen LogP contribution in [0.3, 0.4) is 0 Å². The van der Waals surface area contributed by atoms with Crippen LogP contribution in [0.2, 0.25) is 0 Å². The summed E-state index contributed by atoms with van der Waals surface area (Å²) in [6, 6.07) is 0. The van der Waals surface area contributed by atoms with E-state index in [1.165, 1.54) is 16.7 Å². The molecule has 1 aromatic heterocycles. The topological polar surface area (TPSA) is 66.1 Å². The van der Waals surface area contributed by atoms with Gasteiger partial charge in [-0.25, -0.2) is 4.79 Å². The molecular weight excluding hydrogens is 214 g/mol. The third-order valence-electron chi connectivity index (χ3n) is 1.90. The van der Waals surface area contributed by atoms with E-state index in [1.807, 2.05) is 0 Å². The zero-order valence-electron chi connectivity index (χ0n) is 9.12. The van der Waals surface area contributed by atoms with E-state index < -0.39 is 5.69 Å². The minimum atomic E-state index is -0.424. The number of amides is 1. The molecular formula is C9H13N3O2S. The first-order valence-corrected chi connectivity index (χ1v) is 5.56. The van der Waals surface area contributed by atoms with Crippen LogP contribution in [0.15, 0.2) is 9.82 Å². The van der Waals surface area contributed by atoms with Gasteiger partial charge in [-0.3, -0.25) is 4.79 Å². The summed E-state index contributed by atoms with van der Waals surface area (Å²) >= 11 is 1.29. The summed E-state index contributed by atoms with van der Waals surface area (Å²) in [5, 5.41) is 0.468. The second kappa shape index (κ2) is 4.48. The molecule has 0 saturated heterocycles. The van der Waals surface area contributed by atoms with Gasteiger partial charge in [-0.2, -0.15) is 4.98 Å². The van der Waals surface area contributed by atoms with E-state index in [0.29, 0.717) is 16.3 Å². The van der Waals surface area contributed by atoms with Crippen LogP contribution in [0.25, 0.3) is 0 Å². The summed E-state index contributed by atoms with van der Waals surface area (Å²) in [6.07, 6.45) is 1.79. The fourth-order valence-corrected chi connectivity index (χ4v) is 1.80. The number of aromatic nitrogens is 2. The van der Waals surface area contributed by atoms with E-state index in [-0.39, 0.29) is 5.91 Å². The lowest BCUT2D eigenvalue weighted by Gasteiger charge is -2.13. The zero-order chi connectivity index (χ0) is 11.6. The molecule has 0 bridgehead atoms. The van der Waals surface area contributed by atoms with Crippen LogP contribution >= 0.6 is 11.8 Å². The first-order chi connectivity index (χ1) is 6.97. The Morgan fingerprint density at radius 3 is 2.53 bits per heavy atom. The van der Waals surface area contributed by atoms with Crippen molar-refractivity contribution in [2.45, 2.75) is 11.9 Å². The van der Waals surface area contributed by atoms with Crippen molar-refractivity contribution in [1.29, 1.82) is 0 Å². The number of aromatic amines is 1. The number of nitrogens with zero attached hydrogens (tertiary/aromatic N) is 2. The molecule has 82 valence electrons. The van der Waals surface area contributed by atoms with E-state index in [9.17, 15) is 9.59 Å². The predicted octanol–water partition coefficient (Wildman–Crippen LogP) is 0.502. The van der Waals surface area contributed by atoms with Crippen LogP contribution in [-0.2, 0) is 0 Å². The highest BCUT2D eigenvalue weighted by Gasteiger charge is 2.18. The summed E-state index contributed by atoms with van der Waals surface area (Å²) in [5.41, 5.74) is 0.595. The molecule has 0 aromatic carbocycles. The molecule has 0 unspecified atom stereocenters. The van der Waals surface area contributed by atoms with E-state index in [0.717, 1.165) is 0 Å². The van der Waals surface area contributed by atoms with Gasteiger partial charge in [-0.05, 0) is 13.2 Å². The second-order valence-electron chi connectivity index (χ2n) is 3.25. The summed E-state index contributed by atoms with van der Waals surface area (Å²) in [4.78, 5) is 30.7. The van der Waals surface area contributed by atoms with E-state index in [1.54, 1.807) is 27.3 Å². The van der Waals surface area contributed by atoms with Crippen LogP contribution in [-0.4, -0.2) is 41.1 Å². The van der Waals surface area contributed by atoms with Crippen molar-refractivity contribution in [3.63, 3.8) is 0 Å². The molecule has 1 heterocycles. The maximum atomic E-state index is 11.8. The van der Waals surface area contributed by atoms with Crippen molar-refractivity contribution in [3.8, 4) is 0 Å². The second-order valence-corrected chi connectivity index (χ2v) is 4.05. The molecule has 15 heavy (non-hydrogen) atoms. The van der Waals surface area contributed by atoms with Gasteiger partial charge < -0.3 is 9.88 Å². The molecule has 0 fully saturated rings. The summed E-state index contributed by atoms with van der Waals surface area (Å²) in [5.74, 6) is -0.152. The van der Waals surface area contributed by atoms with Crippen molar-refractivity contribution >= 4 is 17.7 Å². The minimum Gasteiger partial charge on any atom is -0.345 e. The van der Waals surface area contributed by atoms with Gasteiger partial charge in [0.1, 0.15) is 5.03 Å². The number of nitrogens with one attached hydrogen (secondary N) is 1. The number of rotatable bonds is 2. The lowest BCUT2D eigenvalue weighted by Crippen LogP contribution is -2.26. The van der Waals surface area contributed by atoms with Crippen LogP contribution in [0.1, 0.15) is 16.1 Å². The van der Waals surface area contributed by atoms with Gasteiger partial charge in [0.05, 0.1) is 5.56 Å². The van der Waals surface area contributed by atoms with Crippen molar-refractivity contribution < 1.29 is 4.79 Å². The first kappa shape index (κ1) is 11.8. The highest BCUT2D eigenvalue weighted by molar-refractivity contribution is 7.98. The number of thioether (sulfide) groups is 1. The smallest absolute Gasteiger partial charge is 0.345 e. The lowest BCUT2D eigenvalue weighted by molar-refractivity contribution is 0.0822. The Morgan fingerprint density at radius 1 is 1.47 bits per heavy atom. The Kier molecular flexibility index (Phi) is 3.52. The fourth-order valence-electron chi connectivity index (χ4n) is 1.18. The molecule has 6 heteroatoms. The summed E-state index contributed by atoms with van der Waals surface area (Å²) in [7, 11) is 3.33. The van der Waals surface area contributed by atoms with Crippen LogP contribution < -0.4 is 5.69 Å². The highest BCUT2D eigenvalue weighted by atomic mass is 32.2. The van der Waals surface area contributed by atoms with E-state index in [2.05, 4.69) is 9.97 Å². The summed E-state index contributed by atoms with van der Waals surface area (Å²) in [6.45, 7) is 1.69. The molecule has 1 N–H and O–H groups in total.